The highest BCUT2D eigenvalue weighted by atomic mass is 16.9. The summed E-state index contributed by atoms with van der Waals surface area (Å²) in [4.78, 5) is 0. The monoisotopic (exact) mass is 379 g/mol. The lowest BCUT2D eigenvalue weighted by atomic mass is 9.93. The van der Waals surface area contributed by atoms with Crippen molar-refractivity contribution < 1.29 is 14.2 Å². The van der Waals surface area contributed by atoms with E-state index in [0.29, 0.717) is 0 Å². The largest absolute Gasteiger partial charge is 0.331 e. The molecule has 0 aromatic heterocycles. The molecule has 0 saturated carbocycles. The first-order valence-corrected chi connectivity index (χ1v) is 10.6. The molecule has 0 heterocycles. The van der Waals surface area contributed by atoms with Crippen molar-refractivity contribution >= 4 is 0 Å². The molecule has 0 bridgehead atoms. The van der Waals surface area contributed by atoms with Crippen LogP contribution in [0.4, 0.5) is 0 Å². The van der Waals surface area contributed by atoms with E-state index in [1.165, 1.54) is 44.1 Å². The van der Waals surface area contributed by atoms with Gasteiger partial charge >= 0.3 is 0 Å². The summed E-state index contributed by atoms with van der Waals surface area (Å²) in [6.07, 6.45) is 10.9. The van der Waals surface area contributed by atoms with E-state index in [1.54, 1.807) is 21.3 Å². The lowest BCUT2D eigenvalue weighted by Crippen LogP contribution is -2.44. The Morgan fingerprint density at radius 2 is 1.41 bits per heavy atom. The fraction of sp³-hybridized carbons (Fsp3) is 0.739. The summed E-state index contributed by atoms with van der Waals surface area (Å²) in [5.74, 6) is -0.690. The average molecular weight is 380 g/mol. The molecular formula is C23H41NO3. The van der Waals surface area contributed by atoms with E-state index in [0.717, 1.165) is 32.4 Å². The van der Waals surface area contributed by atoms with Gasteiger partial charge in [-0.2, -0.15) is 0 Å². The van der Waals surface area contributed by atoms with Crippen LogP contribution in [-0.4, -0.2) is 33.8 Å². The molecule has 1 aromatic rings. The highest BCUT2D eigenvalue weighted by Crippen LogP contribution is 2.32. The van der Waals surface area contributed by atoms with E-state index in [4.69, 9.17) is 14.2 Å². The van der Waals surface area contributed by atoms with Gasteiger partial charge in [0.2, 0.25) is 0 Å². The molecule has 0 spiro atoms. The Morgan fingerprint density at radius 1 is 0.815 bits per heavy atom. The van der Waals surface area contributed by atoms with Crippen LogP contribution in [0.5, 0.6) is 0 Å². The second kappa shape index (κ2) is 15.0. The Balaban J connectivity index is 2.40. The lowest BCUT2D eigenvalue weighted by molar-refractivity contribution is -0.380. The van der Waals surface area contributed by atoms with Gasteiger partial charge in [0.25, 0.3) is 5.97 Å². The maximum absolute atomic E-state index is 5.66. The van der Waals surface area contributed by atoms with Crippen molar-refractivity contribution in [3.8, 4) is 0 Å². The van der Waals surface area contributed by atoms with Gasteiger partial charge in [-0.15, -0.1) is 0 Å². The predicted molar refractivity (Wildman–Crippen MR) is 113 cm³/mol. The summed E-state index contributed by atoms with van der Waals surface area (Å²) in [6.45, 7) is 4.15. The van der Waals surface area contributed by atoms with Gasteiger partial charge in [-0.3, -0.25) is 0 Å². The molecule has 156 valence electrons. The maximum atomic E-state index is 5.66. The van der Waals surface area contributed by atoms with Crippen molar-refractivity contribution in [2.45, 2.75) is 77.2 Å². The fourth-order valence-corrected chi connectivity index (χ4v) is 3.72. The normalized spacial score (nSPS) is 13.0. The highest BCUT2D eigenvalue weighted by Gasteiger charge is 2.39. The van der Waals surface area contributed by atoms with Crippen LogP contribution in [-0.2, 0) is 20.8 Å². The molecule has 0 radical (unpaired) electrons. The number of hydrogen-bond acceptors (Lipinski definition) is 4. The molecule has 1 N–H and O–H groups in total. The zero-order valence-electron chi connectivity index (χ0n) is 18.0. The second-order valence-electron chi connectivity index (χ2n) is 7.27. The summed E-state index contributed by atoms with van der Waals surface area (Å²) >= 11 is 0. The molecule has 0 aliphatic heterocycles. The van der Waals surface area contributed by atoms with E-state index in [2.05, 4.69) is 42.6 Å². The second-order valence-corrected chi connectivity index (χ2v) is 7.27. The first-order chi connectivity index (χ1) is 13.2. The van der Waals surface area contributed by atoms with Gasteiger partial charge in [0.15, 0.2) is 0 Å². The Hall–Kier alpha value is -0.940. The molecule has 0 aliphatic rings. The Morgan fingerprint density at radius 3 is 2.04 bits per heavy atom. The van der Waals surface area contributed by atoms with Gasteiger partial charge in [-0.1, -0.05) is 75.8 Å². The van der Waals surface area contributed by atoms with Crippen LogP contribution in [0.3, 0.4) is 0 Å². The third-order valence-corrected chi connectivity index (χ3v) is 5.34. The van der Waals surface area contributed by atoms with Crippen molar-refractivity contribution in [3.05, 3.63) is 35.9 Å². The molecule has 0 aliphatic carbocycles. The zero-order chi connectivity index (χ0) is 19.8. The van der Waals surface area contributed by atoms with Crippen molar-refractivity contribution in [1.82, 2.24) is 5.32 Å². The van der Waals surface area contributed by atoms with Crippen LogP contribution >= 0.6 is 0 Å². The molecule has 1 atom stereocenters. The highest BCUT2D eigenvalue weighted by molar-refractivity contribution is 5.14. The number of nitrogens with one attached hydrogen (secondary N) is 1. The topological polar surface area (TPSA) is 39.7 Å². The van der Waals surface area contributed by atoms with Gasteiger partial charge in [0, 0.05) is 33.8 Å². The minimum absolute atomic E-state index is 0.238. The van der Waals surface area contributed by atoms with Gasteiger partial charge in [-0.05, 0) is 31.4 Å². The molecule has 0 saturated heterocycles. The van der Waals surface area contributed by atoms with E-state index in [9.17, 15) is 0 Å². The quantitative estimate of drug-likeness (QED) is 0.286. The van der Waals surface area contributed by atoms with Gasteiger partial charge in [0.05, 0.1) is 0 Å². The van der Waals surface area contributed by atoms with E-state index in [-0.39, 0.29) is 5.92 Å². The number of methoxy groups -OCH3 is 3. The Kier molecular flexibility index (Phi) is 13.4. The molecule has 4 nitrogen and oxygen atoms in total. The summed E-state index contributed by atoms with van der Waals surface area (Å²) in [7, 11) is 5.03. The summed E-state index contributed by atoms with van der Waals surface area (Å²) < 4.78 is 17.0. The maximum Gasteiger partial charge on any atom is 0.285 e. The molecule has 27 heavy (non-hydrogen) atoms. The minimum Gasteiger partial charge on any atom is -0.331 e. The Labute approximate surface area is 167 Å². The molecule has 0 amide bonds. The first-order valence-electron chi connectivity index (χ1n) is 10.6. The third kappa shape index (κ3) is 9.20. The predicted octanol–water partition coefficient (Wildman–Crippen LogP) is 5.52. The van der Waals surface area contributed by atoms with Crippen molar-refractivity contribution in [3.63, 3.8) is 0 Å². The van der Waals surface area contributed by atoms with Crippen molar-refractivity contribution in [2.24, 2.45) is 5.92 Å². The van der Waals surface area contributed by atoms with Crippen LogP contribution in [0.2, 0.25) is 0 Å². The molecule has 0 unspecified atom stereocenters. The number of unbranched alkanes of at least 4 members (excludes halogenated alkanes) is 5. The smallest absolute Gasteiger partial charge is 0.285 e. The minimum atomic E-state index is -0.928. The lowest BCUT2D eigenvalue weighted by Gasteiger charge is -2.36. The van der Waals surface area contributed by atoms with Crippen molar-refractivity contribution in [1.29, 1.82) is 0 Å². The van der Waals surface area contributed by atoms with E-state index < -0.39 is 5.97 Å². The standard InChI is InChI=1S/C23H41NO3/c1-5-6-7-8-9-13-17-22(23(25-2,26-3)27-4)18-14-19-24-20-21-15-11-10-12-16-21/h10-12,15-16,22,24H,5-9,13-14,17-20H2,1-4H3/t22-/m1/s1. The van der Waals surface area contributed by atoms with E-state index in [1.807, 2.05) is 0 Å². The Bertz CT molecular complexity index is 440. The van der Waals surface area contributed by atoms with E-state index >= 15 is 0 Å². The summed E-state index contributed by atoms with van der Waals surface area (Å²) in [5.41, 5.74) is 1.32. The summed E-state index contributed by atoms with van der Waals surface area (Å²) in [6, 6.07) is 10.5. The number of ether oxygens (including phenoxy) is 3. The molecule has 0 fully saturated rings. The van der Waals surface area contributed by atoms with Crippen LogP contribution in [0, 0.1) is 5.92 Å². The number of rotatable bonds is 17. The number of benzene rings is 1. The van der Waals surface area contributed by atoms with Crippen molar-refractivity contribution in [2.75, 3.05) is 27.9 Å². The third-order valence-electron chi connectivity index (χ3n) is 5.34. The molecule has 1 aromatic carbocycles. The van der Waals surface area contributed by atoms with Gasteiger partial charge < -0.3 is 19.5 Å². The van der Waals surface area contributed by atoms with Crippen LogP contribution in [0.1, 0.15) is 70.3 Å². The van der Waals surface area contributed by atoms with Gasteiger partial charge in [0.1, 0.15) is 0 Å². The first kappa shape index (κ1) is 24.1. The number of hydrogen-bond donors (Lipinski definition) is 1. The zero-order valence-corrected chi connectivity index (χ0v) is 18.0. The molecule has 4 heteroatoms. The average Bonchev–Trinajstić information content (AvgIpc) is 2.72. The van der Waals surface area contributed by atoms with Gasteiger partial charge in [-0.25, -0.2) is 0 Å². The SMILES string of the molecule is CCCCCCCC[C@H](CCCNCc1ccccc1)C(OC)(OC)OC. The fourth-order valence-electron chi connectivity index (χ4n) is 3.72. The van der Waals surface area contributed by atoms with Crippen LogP contribution < -0.4 is 5.32 Å². The summed E-state index contributed by atoms with van der Waals surface area (Å²) in [5, 5.41) is 3.53. The molecular weight excluding hydrogens is 338 g/mol. The van der Waals surface area contributed by atoms with Crippen LogP contribution in [0.25, 0.3) is 0 Å². The van der Waals surface area contributed by atoms with Crippen LogP contribution in [0.15, 0.2) is 30.3 Å². The molecule has 1 rings (SSSR count).